The number of ether oxygens (including phenoxy) is 2. The zero-order valence-corrected chi connectivity index (χ0v) is 12.3. The van der Waals surface area contributed by atoms with Gasteiger partial charge in [0.2, 0.25) is 0 Å². The van der Waals surface area contributed by atoms with Gasteiger partial charge in [0.1, 0.15) is 0 Å². The highest BCUT2D eigenvalue weighted by atomic mass is 19.1. The van der Waals surface area contributed by atoms with Crippen LogP contribution in [0.1, 0.15) is 38.2 Å². The molecule has 0 radical (unpaired) electrons. The number of rotatable bonds is 5. The Hall–Kier alpha value is -1.13. The third-order valence-corrected chi connectivity index (χ3v) is 4.22. The summed E-state index contributed by atoms with van der Waals surface area (Å²) in [6.45, 7) is 2.95. The van der Waals surface area contributed by atoms with Crippen LogP contribution in [0.4, 0.5) is 4.39 Å². The van der Waals surface area contributed by atoms with Crippen LogP contribution in [0.15, 0.2) is 18.2 Å². The maximum absolute atomic E-state index is 14.1. The van der Waals surface area contributed by atoms with Crippen molar-refractivity contribution in [2.45, 2.75) is 44.8 Å². The standard InChI is InChI=1S/C16H24FNO2/c1-12-5-4-8-16(9-12,11-18)20-10-13-6-3-7-14(19-2)15(13)17/h3,6-7,12H,4-5,8-11,18H2,1-2H3. The number of halogens is 1. The molecule has 0 saturated heterocycles. The zero-order valence-electron chi connectivity index (χ0n) is 12.3. The Balaban J connectivity index is 2.07. The molecule has 2 unspecified atom stereocenters. The molecule has 0 aliphatic heterocycles. The molecule has 1 aliphatic rings. The molecule has 1 aromatic rings. The molecule has 3 nitrogen and oxygen atoms in total. The molecule has 0 aromatic heterocycles. The fraction of sp³-hybridized carbons (Fsp3) is 0.625. The second-order valence-corrected chi connectivity index (χ2v) is 5.81. The summed E-state index contributed by atoms with van der Waals surface area (Å²) in [5.41, 5.74) is 6.14. The first kappa shape index (κ1) is 15.3. The molecule has 2 rings (SSSR count). The summed E-state index contributed by atoms with van der Waals surface area (Å²) in [5.74, 6) is 0.526. The summed E-state index contributed by atoms with van der Waals surface area (Å²) >= 11 is 0. The first-order valence-electron chi connectivity index (χ1n) is 7.25. The second kappa shape index (κ2) is 6.55. The monoisotopic (exact) mass is 281 g/mol. The average Bonchev–Trinajstić information content (AvgIpc) is 2.46. The molecular weight excluding hydrogens is 257 g/mol. The SMILES string of the molecule is COc1cccc(COC2(CN)CCCC(C)C2)c1F. The first-order valence-corrected chi connectivity index (χ1v) is 7.25. The smallest absolute Gasteiger partial charge is 0.170 e. The molecule has 4 heteroatoms. The van der Waals surface area contributed by atoms with Crippen LogP contribution in [-0.4, -0.2) is 19.3 Å². The average molecular weight is 281 g/mol. The molecule has 112 valence electrons. The van der Waals surface area contributed by atoms with Crippen LogP contribution >= 0.6 is 0 Å². The second-order valence-electron chi connectivity index (χ2n) is 5.81. The normalized spacial score (nSPS) is 26.5. The van der Waals surface area contributed by atoms with Gasteiger partial charge in [0.05, 0.1) is 19.3 Å². The Bertz CT molecular complexity index is 452. The highest BCUT2D eigenvalue weighted by Gasteiger charge is 2.34. The van der Waals surface area contributed by atoms with Crippen LogP contribution in [0.25, 0.3) is 0 Å². The fourth-order valence-electron chi connectivity index (χ4n) is 3.04. The summed E-state index contributed by atoms with van der Waals surface area (Å²) in [5, 5.41) is 0. The van der Waals surface area contributed by atoms with E-state index in [2.05, 4.69) is 6.92 Å². The molecular formula is C16H24FNO2. The molecule has 2 N–H and O–H groups in total. The molecule has 1 aliphatic carbocycles. The number of benzene rings is 1. The van der Waals surface area contributed by atoms with Gasteiger partial charge in [0, 0.05) is 12.1 Å². The van der Waals surface area contributed by atoms with Gasteiger partial charge in [-0.05, 0) is 24.8 Å². The van der Waals surface area contributed by atoms with E-state index in [0.717, 1.165) is 19.3 Å². The lowest BCUT2D eigenvalue weighted by molar-refractivity contribution is -0.0847. The molecule has 1 saturated carbocycles. The molecule has 0 amide bonds. The Morgan fingerprint density at radius 1 is 1.45 bits per heavy atom. The van der Waals surface area contributed by atoms with Crippen LogP contribution in [0.2, 0.25) is 0 Å². The van der Waals surface area contributed by atoms with Crippen LogP contribution in [0.5, 0.6) is 5.75 Å². The van der Waals surface area contributed by atoms with E-state index in [1.165, 1.54) is 13.5 Å². The summed E-state index contributed by atoms with van der Waals surface area (Å²) < 4.78 is 25.1. The lowest BCUT2D eigenvalue weighted by Gasteiger charge is -2.39. The number of methoxy groups -OCH3 is 1. The lowest BCUT2D eigenvalue weighted by atomic mass is 9.79. The van der Waals surface area contributed by atoms with Crippen LogP contribution in [-0.2, 0) is 11.3 Å². The van der Waals surface area contributed by atoms with Gasteiger partial charge >= 0.3 is 0 Å². The van der Waals surface area contributed by atoms with Gasteiger partial charge in [-0.15, -0.1) is 0 Å². The summed E-state index contributed by atoms with van der Waals surface area (Å²) in [7, 11) is 1.47. The van der Waals surface area contributed by atoms with E-state index in [-0.39, 0.29) is 23.8 Å². The highest BCUT2D eigenvalue weighted by molar-refractivity contribution is 5.30. The van der Waals surface area contributed by atoms with Crippen molar-refractivity contribution in [2.24, 2.45) is 11.7 Å². The van der Waals surface area contributed by atoms with E-state index in [0.29, 0.717) is 18.0 Å². The molecule has 0 bridgehead atoms. The van der Waals surface area contributed by atoms with Crippen molar-refractivity contribution < 1.29 is 13.9 Å². The van der Waals surface area contributed by atoms with Gasteiger partial charge < -0.3 is 15.2 Å². The first-order chi connectivity index (χ1) is 9.60. The van der Waals surface area contributed by atoms with Gasteiger partial charge in [-0.1, -0.05) is 31.9 Å². The highest BCUT2D eigenvalue weighted by Crippen LogP contribution is 2.35. The van der Waals surface area contributed by atoms with E-state index in [1.807, 2.05) is 0 Å². The molecule has 2 atom stereocenters. The quantitative estimate of drug-likeness (QED) is 0.901. The van der Waals surface area contributed by atoms with E-state index < -0.39 is 0 Å². The molecule has 20 heavy (non-hydrogen) atoms. The largest absolute Gasteiger partial charge is 0.494 e. The molecule has 0 heterocycles. The van der Waals surface area contributed by atoms with E-state index in [1.54, 1.807) is 18.2 Å². The minimum Gasteiger partial charge on any atom is -0.494 e. The number of hydrogen-bond donors (Lipinski definition) is 1. The maximum atomic E-state index is 14.1. The van der Waals surface area contributed by atoms with Crippen molar-refractivity contribution in [3.63, 3.8) is 0 Å². The van der Waals surface area contributed by atoms with Gasteiger partial charge in [-0.3, -0.25) is 0 Å². The molecule has 0 spiro atoms. The Morgan fingerprint density at radius 2 is 2.25 bits per heavy atom. The fourth-order valence-corrected chi connectivity index (χ4v) is 3.04. The van der Waals surface area contributed by atoms with E-state index in [4.69, 9.17) is 15.2 Å². The topological polar surface area (TPSA) is 44.5 Å². The van der Waals surface area contributed by atoms with Gasteiger partial charge in [0.25, 0.3) is 0 Å². The molecule has 1 aromatic carbocycles. The van der Waals surface area contributed by atoms with Crippen molar-refractivity contribution >= 4 is 0 Å². The van der Waals surface area contributed by atoms with Crippen molar-refractivity contribution in [2.75, 3.05) is 13.7 Å². The summed E-state index contributed by atoms with van der Waals surface area (Å²) in [4.78, 5) is 0. The Morgan fingerprint density at radius 3 is 2.90 bits per heavy atom. The van der Waals surface area contributed by atoms with Crippen LogP contribution in [0, 0.1) is 11.7 Å². The van der Waals surface area contributed by atoms with Gasteiger partial charge in [-0.2, -0.15) is 0 Å². The van der Waals surface area contributed by atoms with Crippen molar-refractivity contribution in [3.8, 4) is 5.75 Å². The summed E-state index contributed by atoms with van der Waals surface area (Å²) in [6.07, 6.45) is 4.26. The maximum Gasteiger partial charge on any atom is 0.170 e. The predicted octanol–water partition coefficient (Wildman–Crippen LogP) is 3.26. The number of hydrogen-bond acceptors (Lipinski definition) is 3. The van der Waals surface area contributed by atoms with E-state index in [9.17, 15) is 4.39 Å². The third kappa shape index (κ3) is 3.30. The van der Waals surface area contributed by atoms with Crippen LogP contribution in [0.3, 0.4) is 0 Å². The Kier molecular flexibility index (Phi) is 5.00. The summed E-state index contributed by atoms with van der Waals surface area (Å²) in [6, 6.07) is 5.12. The zero-order chi connectivity index (χ0) is 14.6. The van der Waals surface area contributed by atoms with E-state index >= 15 is 0 Å². The minimum atomic E-state index is -0.342. The van der Waals surface area contributed by atoms with Gasteiger partial charge in [0.15, 0.2) is 11.6 Å². The Labute approximate surface area is 120 Å². The third-order valence-electron chi connectivity index (χ3n) is 4.22. The minimum absolute atomic E-state index is 0.243. The van der Waals surface area contributed by atoms with Crippen molar-refractivity contribution in [1.29, 1.82) is 0 Å². The molecule has 1 fully saturated rings. The van der Waals surface area contributed by atoms with Crippen LogP contribution < -0.4 is 10.5 Å². The predicted molar refractivity (Wildman–Crippen MR) is 77.2 cm³/mol. The lowest BCUT2D eigenvalue weighted by Crippen LogP contribution is -2.44. The van der Waals surface area contributed by atoms with Crippen molar-refractivity contribution in [1.82, 2.24) is 0 Å². The van der Waals surface area contributed by atoms with Gasteiger partial charge in [-0.25, -0.2) is 4.39 Å². The van der Waals surface area contributed by atoms with Crippen molar-refractivity contribution in [3.05, 3.63) is 29.6 Å². The number of nitrogens with two attached hydrogens (primary N) is 1.